The topological polar surface area (TPSA) is 41.6 Å². The van der Waals surface area contributed by atoms with Gasteiger partial charge < -0.3 is 4.57 Å². The van der Waals surface area contributed by atoms with E-state index >= 15 is 0 Å². The molecule has 0 atom stereocenters. The zero-order valence-electron chi connectivity index (χ0n) is 14.1. The van der Waals surface area contributed by atoms with Gasteiger partial charge in [-0.05, 0) is 57.6 Å². The molecule has 0 aromatic carbocycles. The highest BCUT2D eigenvalue weighted by Gasteiger charge is 2.18. The van der Waals surface area contributed by atoms with Crippen molar-refractivity contribution in [2.24, 2.45) is 0 Å². The molecule has 0 unspecified atom stereocenters. The first kappa shape index (κ1) is 16.0. The summed E-state index contributed by atoms with van der Waals surface area (Å²) >= 11 is 1.60. The maximum atomic E-state index is 9.55. The standard InChI is InChI=1S/C19H23N3S/c1-4-9-22-13(2)10-16(14(22)3)18-12-23-19(21-18)17(11-20)15-7-5-6-8-15/h10,12H,4-9H2,1-3H3. The Hall–Kier alpha value is -1.86. The Morgan fingerprint density at radius 1 is 1.35 bits per heavy atom. The highest BCUT2D eigenvalue weighted by molar-refractivity contribution is 7.11. The Morgan fingerprint density at radius 3 is 2.74 bits per heavy atom. The van der Waals surface area contributed by atoms with Gasteiger partial charge in [0.25, 0.3) is 0 Å². The Morgan fingerprint density at radius 2 is 2.09 bits per heavy atom. The largest absolute Gasteiger partial charge is 0.348 e. The molecule has 120 valence electrons. The summed E-state index contributed by atoms with van der Waals surface area (Å²) in [5.41, 5.74) is 6.88. The molecular formula is C19H23N3S. The monoisotopic (exact) mass is 325 g/mol. The van der Waals surface area contributed by atoms with Gasteiger partial charge in [0.05, 0.1) is 11.3 Å². The molecule has 0 N–H and O–H groups in total. The minimum atomic E-state index is 0.820. The van der Waals surface area contributed by atoms with E-state index in [-0.39, 0.29) is 0 Å². The SMILES string of the molecule is CCCn1c(C)cc(-c2csc(C(C#N)=C3CCCC3)n2)c1C. The molecule has 4 heteroatoms. The molecule has 2 heterocycles. The second-order valence-electron chi connectivity index (χ2n) is 6.27. The molecule has 1 saturated carbocycles. The Balaban J connectivity index is 1.98. The first-order valence-electron chi connectivity index (χ1n) is 8.40. The van der Waals surface area contributed by atoms with Gasteiger partial charge in [0.1, 0.15) is 11.1 Å². The van der Waals surface area contributed by atoms with E-state index in [0.717, 1.165) is 42.1 Å². The normalized spacial score (nSPS) is 14.3. The second-order valence-corrected chi connectivity index (χ2v) is 7.13. The van der Waals surface area contributed by atoms with E-state index in [1.165, 1.54) is 35.4 Å². The van der Waals surface area contributed by atoms with Crippen LogP contribution in [0.1, 0.15) is 55.4 Å². The molecule has 0 amide bonds. The van der Waals surface area contributed by atoms with E-state index in [1.807, 2.05) is 0 Å². The van der Waals surface area contributed by atoms with Crippen LogP contribution in [0.5, 0.6) is 0 Å². The number of allylic oxidation sites excluding steroid dienone is 2. The molecule has 1 aliphatic rings. The van der Waals surface area contributed by atoms with Crippen LogP contribution in [0.25, 0.3) is 16.8 Å². The van der Waals surface area contributed by atoms with Gasteiger partial charge in [0.15, 0.2) is 0 Å². The summed E-state index contributed by atoms with van der Waals surface area (Å²) < 4.78 is 2.36. The number of aryl methyl sites for hydroxylation is 1. The van der Waals surface area contributed by atoms with E-state index in [1.54, 1.807) is 11.3 Å². The van der Waals surface area contributed by atoms with E-state index in [9.17, 15) is 5.26 Å². The van der Waals surface area contributed by atoms with Crippen LogP contribution in [-0.4, -0.2) is 9.55 Å². The van der Waals surface area contributed by atoms with Gasteiger partial charge in [-0.3, -0.25) is 0 Å². The van der Waals surface area contributed by atoms with Crippen molar-refractivity contribution < 1.29 is 0 Å². The highest BCUT2D eigenvalue weighted by Crippen LogP contribution is 2.35. The number of rotatable bonds is 4. The fourth-order valence-corrected chi connectivity index (χ4v) is 4.33. The number of hydrogen-bond acceptors (Lipinski definition) is 3. The third-order valence-corrected chi connectivity index (χ3v) is 5.55. The number of nitrogens with zero attached hydrogens (tertiary/aromatic N) is 3. The van der Waals surface area contributed by atoms with Crippen LogP contribution < -0.4 is 0 Å². The van der Waals surface area contributed by atoms with Crippen molar-refractivity contribution in [2.75, 3.05) is 0 Å². The summed E-state index contributed by atoms with van der Waals surface area (Å²) in [7, 11) is 0. The molecule has 1 fully saturated rings. The number of nitriles is 1. The minimum absolute atomic E-state index is 0.820. The van der Waals surface area contributed by atoms with Crippen molar-refractivity contribution in [2.45, 2.75) is 59.4 Å². The number of aromatic nitrogens is 2. The van der Waals surface area contributed by atoms with Gasteiger partial charge in [-0.15, -0.1) is 11.3 Å². The molecule has 0 saturated heterocycles. The van der Waals surface area contributed by atoms with Crippen molar-refractivity contribution >= 4 is 16.9 Å². The summed E-state index contributed by atoms with van der Waals surface area (Å²) in [6.07, 6.45) is 5.66. The Bertz CT molecular complexity index is 778. The fourth-order valence-electron chi connectivity index (χ4n) is 3.47. The number of thiazole rings is 1. The van der Waals surface area contributed by atoms with Crippen molar-refractivity contribution in [3.8, 4) is 17.3 Å². The summed E-state index contributed by atoms with van der Waals surface area (Å²) in [5, 5.41) is 12.5. The molecule has 23 heavy (non-hydrogen) atoms. The lowest BCUT2D eigenvalue weighted by Crippen LogP contribution is -2.01. The molecule has 3 rings (SSSR count). The van der Waals surface area contributed by atoms with Gasteiger partial charge in [0, 0.05) is 28.9 Å². The zero-order chi connectivity index (χ0) is 16.4. The number of hydrogen-bond donors (Lipinski definition) is 0. The maximum Gasteiger partial charge on any atom is 0.134 e. The molecule has 0 radical (unpaired) electrons. The lowest BCUT2D eigenvalue weighted by Gasteiger charge is -2.07. The molecular weight excluding hydrogens is 302 g/mol. The lowest BCUT2D eigenvalue weighted by molar-refractivity contribution is 0.649. The average Bonchev–Trinajstić information content (AvgIpc) is 3.26. The fraction of sp³-hybridized carbons (Fsp3) is 0.474. The third kappa shape index (κ3) is 2.98. The average molecular weight is 325 g/mol. The van der Waals surface area contributed by atoms with E-state index in [2.05, 4.69) is 42.9 Å². The van der Waals surface area contributed by atoms with Gasteiger partial charge in [-0.25, -0.2) is 4.98 Å². The molecule has 2 aromatic rings. The molecule has 0 aliphatic heterocycles. The van der Waals surface area contributed by atoms with Crippen LogP contribution in [-0.2, 0) is 6.54 Å². The summed E-state index contributed by atoms with van der Waals surface area (Å²) in [5.74, 6) is 0. The van der Waals surface area contributed by atoms with Crippen molar-refractivity contribution in [3.05, 3.63) is 33.4 Å². The smallest absolute Gasteiger partial charge is 0.134 e. The van der Waals surface area contributed by atoms with E-state index < -0.39 is 0 Å². The Kier molecular flexibility index (Phi) is 4.68. The van der Waals surface area contributed by atoms with Gasteiger partial charge in [-0.1, -0.05) is 6.92 Å². The van der Waals surface area contributed by atoms with E-state index in [0.29, 0.717) is 0 Å². The van der Waals surface area contributed by atoms with Crippen LogP contribution in [0, 0.1) is 25.2 Å². The maximum absolute atomic E-state index is 9.55. The summed E-state index contributed by atoms with van der Waals surface area (Å²) in [4.78, 5) is 4.80. The molecule has 0 bridgehead atoms. The van der Waals surface area contributed by atoms with Crippen molar-refractivity contribution in [3.63, 3.8) is 0 Å². The predicted octanol–water partition coefficient (Wildman–Crippen LogP) is 5.49. The van der Waals surface area contributed by atoms with Crippen molar-refractivity contribution in [1.29, 1.82) is 5.26 Å². The predicted molar refractivity (Wildman–Crippen MR) is 96.3 cm³/mol. The van der Waals surface area contributed by atoms with Crippen LogP contribution in [0.2, 0.25) is 0 Å². The second kappa shape index (κ2) is 6.72. The molecule has 2 aromatic heterocycles. The first-order valence-corrected chi connectivity index (χ1v) is 9.28. The third-order valence-electron chi connectivity index (χ3n) is 4.69. The molecule has 0 spiro atoms. The highest BCUT2D eigenvalue weighted by atomic mass is 32.1. The van der Waals surface area contributed by atoms with Gasteiger partial charge in [-0.2, -0.15) is 5.26 Å². The van der Waals surface area contributed by atoms with Crippen molar-refractivity contribution in [1.82, 2.24) is 9.55 Å². The van der Waals surface area contributed by atoms with Crippen LogP contribution in [0.15, 0.2) is 17.0 Å². The zero-order valence-corrected chi connectivity index (χ0v) is 15.0. The quantitative estimate of drug-likeness (QED) is 0.697. The first-order chi connectivity index (χ1) is 11.2. The lowest BCUT2D eigenvalue weighted by atomic mass is 10.1. The molecule has 3 nitrogen and oxygen atoms in total. The van der Waals surface area contributed by atoms with Crippen LogP contribution >= 0.6 is 11.3 Å². The van der Waals surface area contributed by atoms with Gasteiger partial charge in [0.2, 0.25) is 0 Å². The summed E-state index contributed by atoms with van der Waals surface area (Å²) in [6, 6.07) is 4.62. The van der Waals surface area contributed by atoms with Crippen LogP contribution in [0.3, 0.4) is 0 Å². The van der Waals surface area contributed by atoms with Gasteiger partial charge >= 0.3 is 0 Å². The minimum Gasteiger partial charge on any atom is -0.348 e. The van der Waals surface area contributed by atoms with E-state index in [4.69, 9.17) is 4.98 Å². The Labute approximate surface area is 142 Å². The molecule has 1 aliphatic carbocycles. The summed E-state index contributed by atoms with van der Waals surface area (Å²) in [6.45, 7) is 7.56. The van der Waals surface area contributed by atoms with Crippen LogP contribution in [0.4, 0.5) is 0 Å².